The quantitative estimate of drug-likeness (QED) is 0.119. The van der Waals surface area contributed by atoms with Gasteiger partial charge in [0.15, 0.2) is 5.96 Å². The third-order valence-corrected chi connectivity index (χ3v) is 8.82. The van der Waals surface area contributed by atoms with E-state index < -0.39 is 11.9 Å². The summed E-state index contributed by atoms with van der Waals surface area (Å²) in [6, 6.07) is 6.08. The summed E-state index contributed by atoms with van der Waals surface area (Å²) in [6.07, 6.45) is 2.27. The Hall–Kier alpha value is -3.26. The highest BCUT2D eigenvalue weighted by Gasteiger charge is 2.37. The molecule has 11 nitrogen and oxygen atoms in total. The van der Waals surface area contributed by atoms with Crippen LogP contribution in [0.4, 0.5) is 0 Å². The minimum atomic E-state index is -0.734. The number of aromatic nitrogens is 1. The van der Waals surface area contributed by atoms with Crippen molar-refractivity contribution >= 4 is 68.0 Å². The van der Waals surface area contributed by atoms with Crippen molar-refractivity contribution in [2.75, 3.05) is 20.1 Å². The van der Waals surface area contributed by atoms with Crippen LogP contribution >= 0.6 is 34.3 Å². The van der Waals surface area contributed by atoms with E-state index in [0.717, 1.165) is 10.1 Å². The molecule has 0 spiro atoms. The SMILES string of the molecule is CNC(=O)C(CCCCNC(=N)N)NC(=O)c1csc([C@@H]2C[C@@H](N)CN2C(=O)c2cc3c(Cl)cccc3s2)n1. The number of nitrogens with two attached hydrogens (primary N) is 2. The summed E-state index contributed by atoms with van der Waals surface area (Å²) in [4.78, 5) is 45.7. The van der Waals surface area contributed by atoms with E-state index in [1.807, 2.05) is 12.1 Å². The zero-order chi connectivity index (χ0) is 28.1. The van der Waals surface area contributed by atoms with Crippen molar-refractivity contribution in [1.29, 1.82) is 5.41 Å². The number of carbonyl (C=O) groups excluding carboxylic acids is 3. The Morgan fingerprint density at radius 3 is 2.82 bits per heavy atom. The number of hydrogen-bond acceptors (Lipinski definition) is 8. The van der Waals surface area contributed by atoms with E-state index >= 15 is 0 Å². The summed E-state index contributed by atoms with van der Waals surface area (Å²) in [5.41, 5.74) is 11.7. The molecular weight excluding hydrogens is 560 g/mol. The third-order valence-electron chi connectivity index (χ3n) is 6.46. The first kappa shape index (κ1) is 28.7. The van der Waals surface area contributed by atoms with Gasteiger partial charge in [0.1, 0.15) is 16.7 Å². The second-order valence-electron chi connectivity index (χ2n) is 9.28. The van der Waals surface area contributed by atoms with Gasteiger partial charge in [0.05, 0.1) is 10.9 Å². The van der Waals surface area contributed by atoms with Crippen LogP contribution in [-0.2, 0) is 4.79 Å². The van der Waals surface area contributed by atoms with Gasteiger partial charge in [-0.2, -0.15) is 0 Å². The van der Waals surface area contributed by atoms with Crippen molar-refractivity contribution in [3.05, 3.63) is 50.2 Å². The second kappa shape index (κ2) is 12.7. The molecule has 1 fully saturated rings. The molecule has 208 valence electrons. The van der Waals surface area contributed by atoms with E-state index in [0.29, 0.717) is 53.7 Å². The molecule has 3 heterocycles. The minimum absolute atomic E-state index is 0.109. The molecule has 2 aromatic heterocycles. The molecule has 3 atom stereocenters. The monoisotopic (exact) mass is 590 g/mol. The highest BCUT2D eigenvalue weighted by Crippen LogP contribution is 2.37. The Morgan fingerprint density at radius 2 is 2.10 bits per heavy atom. The molecule has 3 amide bonds. The number of nitrogens with zero attached hydrogens (tertiary/aromatic N) is 2. The number of thiazole rings is 1. The number of likely N-dealkylation sites (tertiary alicyclic amines) is 1. The van der Waals surface area contributed by atoms with Gasteiger partial charge in [-0.3, -0.25) is 19.8 Å². The van der Waals surface area contributed by atoms with E-state index in [1.165, 1.54) is 29.7 Å². The number of benzene rings is 1. The molecule has 1 aliphatic heterocycles. The lowest BCUT2D eigenvalue weighted by Crippen LogP contribution is -2.45. The Labute approximate surface area is 238 Å². The number of thiophene rings is 1. The Morgan fingerprint density at radius 1 is 1.31 bits per heavy atom. The van der Waals surface area contributed by atoms with Crippen LogP contribution in [0, 0.1) is 5.41 Å². The maximum absolute atomic E-state index is 13.5. The van der Waals surface area contributed by atoms with Gasteiger partial charge in [-0.05, 0) is 43.9 Å². The van der Waals surface area contributed by atoms with Gasteiger partial charge < -0.3 is 32.3 Å². The fourth-order valence-corrected chi connectivity index (χ4v) is 6.77. The Bertz CT molecular complexity index is 1380. The molecule has 8 N–H and O–H groups in total. The number of halogens is 1. The standard InChI is InChI=1S/C25H31ClN8O3S2/c1-30-21(35)16(6-2-3-8-31-25(28)29)32-22(36)17-12-38-23(33-17)18-9-13(27)11-34(18)24(37)20-10-14-15(26)5-4-7-19(14)39-20/h4-5,7,10,12-13,16,18H,2-3,6,8-9,11,27H2,1H3,(H,30,35)(H,32,36)(H4,28,29,31)/t13-,16?,18+/m1/s1. The van der Waals surface area contributed by atoms with Gasteiger partial charge in [-0.1, -0.05) is 17.7 Å². The molecule has 0 bridgehead atoms. The van der Waals surface area contributed by atoms with Gasteiger partial charge in [0, 0.05) is 46.7 Å². The van der Waals surface area contributed by atoms with Crippen molar-refractivity contribution in [3.8, 4) is 0 Å². The van der Waals surface area contributed by atoms with E-state index in [1.54, 1.807) is 22.4 Å². The number of unbranched alkanes of at least 4 members (excludes halogenated alkanes) is 1. The Kier molecular flexibility index (Phi) is 9.38. The van der Waals surface area contributed by atoms with Gasteiger partial charge in [0.2, 0.25) is 5.91 Å². The van der Waals surface area contributed by atoms with Crippen molar-refractivity contribution in [2.45, 2.75) is 43.8 Å². The Balaban J connectivity index is 1.44. The van der Waals surface area contributed by atoms with Crippen LogP contribution in [-0.4, -0.2) is 65.8 Å². The number of likely N-dealkylation sites (N-methyl/N-ethyl adjacent to an activating group) is 1. The van der Waals surface area contributed by atoms with E-state index in [9.17, 15) is 14.4 Å². The van der Waals surface area contributed by atoms with Gasteiger partial charge in [-0.25, -0.2) is 4.98 Å². The smallest absolute Gasteiger partial charge is 0.271 e. The minimum Gasteiger partial charge on any atom is -0.370 e. The molecule has 1 unspecified atom stereocenters. The van der Waals surface area contributed by atoms with Crippen LogP contribution in [0.25, 0.3) is 10.1 Å². The van der Waals surface area contributed by atoms with Gasteiger partial charge in [0.25, 0.3) is 11.8 Å². The zero-order valence-electron chi connectivity index (χ0n) is 21.3. The van der Waals surface area contributed by atoms with Crippen LogP contribution < -0.4 is 27.4 Å². The van der Waals surface area contributed by atoms with E-state index in [4.69, 9.17) is 28.5 Å². The highest BCUT2D eigenvalue weighted by atomic mass is 35.5. The van der Waals surface area contributed by atoms with Crippen molar-refractivity contribution in [2.24, 2.45) is 11.5 Å². The normalized spacial score (nSPS) is 17.7. The molecule has 1 aromatic carbocycles. The first-order valence-electron chi connectivity index (χ1n) is 12.5. The van der Waals surface area contributed by atoms with Gasteiger partial charge in [-0.15, -0.1) is 22.7 Å². The predicted molar refractivity (Wildman–Crippen MR) is 154 cm³/mol. The lowest BCUT2D eigenvalue weighted by Gasteiger charge is -2.22. The first-order chi connectivity index (χ1) is 18.7. The summed E-state index contributed by atoms with van der Waals surface area (Å²) < 4.78 is 0.930. The summed E-state index contributed by atoms with van der Waals surface area (Å²) in [6.45, 7) is 0.885. The average Bonchev–Trinajstić information content (AvgIpc) is 3.65. The van der Waals surface area contributed by atoms with Gasteiger partial charge >= 0.3 is 0 Å². The van der Waals surface area contributed by atoms with Crippen LogP contribution in [0.15, 0.2) is 29.6 Å². The molecular formula is C25H31ClN8O3S2. The molecule has 39 heavy (non-hydrogen) atoms. The third kappa shape index (κ3) is 6.85. The van der Waals surface area contributed by atoms with Crippen LogP contribution in [0.5, 0.6) is 0 Å². The van der Waals surface area contributed by atoms with E-state index in [-0.39, 0.29) is 35.6 Å². The van der Waals surface area contributed by atoms with Crippen LogP contribution in [0.3, 0.4) is 0 Å². The van der Waals surface area contributed by atoms with Crippen LogP contribution in [0.2, 0.25) is 5.02 Å². The largest absolute Gasteiger partial charge is 0.370 e. The molecule has 1 aliphatic rings. The average molecular weight is 591 g/mol. The first-order valence-corrected chi connectivity index (χ1v) is 14.6. The number of rotatable bonds is 10. The topological polar surface area (TPSA) is 179 Å². The number of fused-ring (bicyclic) bond motifs is 1. The zero-order valence-corrected chi connectivity index (χ0v) is 23.7. The summed E-state index contributed by atoms with van der Waals surface area (Å²) in [5, 5.41) is 18.9. The molecule has 0 saturated carbocycles. The number of carbonyl (C=O) groups is 3. The van der Waals surface area contributed by atoms with Crippen LogP contribution in [0.1, 0.15) is 56.9 Å². The van der Waals surface area contributed by atoms with Crippen molar-refractivity contribution in [1.82, 2.24) is 25.8 Å². The maximum Gasteiger partial charge on any atom is 0.271 e. The predicted octanol–water partition coefficient (Wildman–Crippen LogP) is 2.42. The highest BCUT2D eigenvalue weighted by molar-refractivity contribution is 7.20. The number of amides is 3. The fourth-order valence-electron chi connectivity index (χ4n) is 4.52. The molecule has 4 rings (SSSR count). The molecule has 0 radical (unpaired) electrons. The van der Waals surface area contributed by atoms with E-state index in [2.05, 4.69) is 20.9 Å². The fraction of sp³-hybridized carbons (Fsp3) is 0.400. The summed E-state index contributed by atoms with van der Waals surface area (Å²) in [7, 11) is 1.51. The lowest BCUT2D eigenvalue weighted by atomic mass is 10.1. The molecule has 1 saturated heterocycles. The second-order valence-corrected chi connectivity index (χ2v) is 11.7. The molecule has 14 heteroatoms. The summed E-state index contributed by atoms with van der Waals surface area (Å²) in [5.74, 6) is -1.03. The maximum atomic E-state index is 13.5. The van der Waals surface area contributed by atoms with Crippen molar-refractivity contribution < 1.29 is 14.4 Å². The summed E-state index contributed by atoms with van der Waals surface area (Å²) >= 11 is 8.98. The van der Waals surface area contributed by atoms with Crippen molar-refractivity contribution in [3.63, 3.8) is 0 Å². The molecule has 0 aliphatic carbocycles. The molecule has 3 aromatic rings. The number of hydrogen-bond donors (Lipinski definition) is 6. The number of nitrogens with one attached hydrogen (secondary N) is 4. The number of guanidine groups is 1. The lowest BCUT2D eigenvalue weighted by molar-refractivity contribution is -0.122.